The molecule has 0 fully saturated rings. The molecule has 0 amide bonds. The molecule has 0 atom stereocenters. The molecule has 3 heteroatoms. The Morgan fingerprint density at radius 1 is 1.15 bits per heavy atom. The Labute approximate surface area is 119 Å². The van der Waals surface area contributed by atoms with Crippen molar-refractivity contribution >= 4 is 11.9 Å². The van der Waals surface area contributed by atoms with Crippen molar-refractivity contribution in [2.45, 2.75) is 6.54 Å². The highest BCUT2D eigenvalue weighted by molar-refractivity contribution is 5.87. The van der Waals surface area contributed by atoms with Crippen molar-refractivity contribution in [2.24, 2.45) is 0 Å². The minimum absolute atomic E-state index is 0.897. The molecule has 1 aliphatic rings. The summed E-state index contributed by atoms with van der Waals surface area (Å²) in [5.41, 5.74) is 3.77. The summed E-state index contributed by atoms with van der Waals surface area (Å²) in [4.78, 5) is 2.26. The molecular weight excluding hydrogens is 248 g/mol. The fraction of sp³-hybridized carbons (Fsp3) is 0.235. The van der Waals surface area contributed by atoms with E-state index >= 15 is 0 Å². The lowest BCUT2D eigenvalue weighted by Gasteiger charge is -2.23. The minimum atomic E-state index is 0.897. The number of ether oxygens (including phenoxy) is 1. The first-order valence-corrected chi connectivity index (χ1v) is 6.78. The number of anilines is 1. The molecule has 0 aromatic heterocycles. The standard InChI is InChI=1S/C17H19N2O/c1-18-13-19(11-14-6-4-3-5-7-14)12-15-10-16(20-2)8-9-17(15)18/h3-10,12H,11,13H2,1-2H3/q+1. The van der Waals surface area contributed by atoms with Crippen molar-refractivity contribution in [3.05, 3.63) is 59.7 Å². The van der Waals surface area contributed by atoms with Gasteiger partial charge in [-0.1, -0.05) is 30.3 Å². The summed E-state index contributed by atoms with van der Waals surface area (Å²) in [6, 6.07) is 16.8. The third kappa shape index (κ3) is 2.52. The van der Waals surface area contributed by atoms with Gasteiger partial charge in [-0.25, -0.2) is 4.58 Å². The highest BCUT2D eigenvalue weighted by Crippen LogP contribution is 2.25. The van der Waals surface area contributed by atoms with E-state index in [-0.39, 0.29) is 0 Å². The van der Waals surface area contributed by atoms with Crippen LogP contribution in [0.5, 0.6) is 5.75 Å². The van der Waals surface area contributed by atoms with Crippen LogP contribution in [0.2, 0.25) is 0 Å². The fourth-order valence-corrected chi connectivity index (χ4v) is 2.61. The van der Waals surface area contributed by atoms with Gasteiger partial charge in [0.1, 0.15) is 5.75 Å². The van der Waals surface area contributed by atoms with Gasteiger partial charge < -0.3 is 9.64 Å². The molecule has 0 N–H and O–H groups in total. The average molecular weight is 267 g/mol. The highest BCUT2D eigenvalue weighted by atomic mass is 16.5. The Morgan fingerprint density at radius 2 is 1.95 bits per heavy atom. The first-order chi connectivity index (χ1) is 9.76. The van der Waals surface area contributed by atoms with E-state index in [0.29, 0.717) is 0 Å². The third-order valence-corrected chi connectivity index (χ3v) is 3.59. The number of hydrogen-bond donors (Lipinski definition) is 0. The van der Waals surface area contributed by atoms with E-state index in [2.05, 4.69) is 65.2 Å². The number of fused-ring (bicyclic) bond motifs is 1. The van der Waals surface area contributed by atoms with Crippen molar-refractivity contribution in [1.29, 1.82) is 0 Å². The van der Waals surface area contributed by atoms with Crippen molar-refractivity contribution in [3.8, 4) is 5.75 Å². The smallest absolute Gasteiger partial charge is 0.218 e. The zero-order valence-corrected chi connectivity index (χ0v) is 11.9. The fourth-order valence-electron chi connectivity index (χ4n) is 2.61. The second kappa shape index (κ2) is 5.37. The SMILES string of the molecule is COc1ccc2c(c1)C=[N+](Cc1ccccc1)CN2C. The first kappa shape index (κ1) is 12.7. The van der Waals surface area contributed by atoms with Gasteiger partial charge in [0.2, 0.25) is 6.67 Å². The van der Waals surface area contributed by atoms with Gasteiger partial charge in [0.15, 0.2) is 12.8 Å². The summed E-state index contributed by atoms with van der Waals surface area (Å²) in [7, 11) is 3.83. The normalized spacial score (nSPS) is 13.7. The summed E-state index contributed by atoms with van der Waals surface area (Å²) in [6.07, 6.45) is 2.21. The minimum Gasteiger partial charge on any atom is -0.497 e. The van der Waals surface area contributed by atoms with Gasteiger partial charge in [-0.15, -0.1) is 0 Å². The van der Waals surface area contributed by atoms with Gasteiger partial charge in [0.25, 0.3) is 0 Å². The molecular formula is C17H19N2O+. The number of rotatable bonds is 3. The van der Waals surface area contributed by atoms with Crippen LogP contribution in [0.1, 0.15) is 11.1 Å². The number of methoxy groups -OCH3 is 1. The zero-order valence-electron chi connectivity index (χ0n) is 11.9. The lowest BCUT2D eigenvalue weighted by molar-refractivity contribution is -0.539. The Morgan fingerprint density at radius 3 is 2.70 bits per heavy atom. The quantitative estimate of drug-likeness (QED) is 0.795. The van der Waals surface area contributed by atoms with E-state index in [4.69, 9.17) is 4.74 Å². The first-order valence-electron chi connectivity index (χ1n) is 6.78. The van der Waals surface area contributed by atoms with Crippen LogP contribution in [-0.2, 0) is 6.54 Å². The molecule has 102 valence electrons. The second-order valence-electron chi connectivity index (χ2n) is 5.13. The Balaban J connectivity index is 1.91. The molecule has 0 aliphatic carbocycles. The number of hydrogen-bond acceptors (Lipinski definition) is 2. The van der Waals surface area contributed by atoms with Crippen LogP contribution in [0.4, 0.5) is 5.69 Å². The molecule has 0 saturated carbocycles. The van der Waals surface area contributed by atoms with Gasteiger partial charge in [-0.3, -0.25) is 0 Å². The predicted molar refractivity (Wildman–Crippen MR) is 81.8 cm³/mol. The molecule has 3 nitrogen and oxygen atoms in total. The maximum Gasteiger partial charge on any atom is 0.218 e. The van der Waals surface area contributed by atoms with Crippen LogP contribution in [0, 0.1) is 0 Å². The number of nitrogens with zero attached hydrogens (tertiary/aromatic N) is 2. The van der Waals surface area contributed by atoms with E-state index in [0.717, 1.165) is 19.0 Å². The number of benzene rings is 2. The maximum absolute atomic E-state index is 5.31. The predicted octanol–water partition coefficient (Wildman–Crippen LogP) is 2.73. The molecule has 1 aliphatic heterocycles. The summed E-state index contributed by atoms with van der Waals surface area (Å²) in [5.74, 6) is 0.898. The van der Waals surface area contributed by atoms with E-state index in [1.165, 1.54) is 16.8 Å². The average Bonchev–Trinajstić information content (AvgIpc) is 2.47. The molecule has 1 heterocycles. The monoisotopic (exact) mass is 267 g/mol. The zero-order chi connectivity index (χ0) is 13.9. The summed E-state index contributed by atoms with van der Waals surface area (Å²) < 4.78 is 7.63. The van der Waals surface area contributed by atoms with Crippen LogP contribution in [-0.4, -0.2) is 31.6 Å². The summed E-state index contributed by atoms with van der Waals surface area (Å²) >= 11 is 0. The molecule has 3 rings (SSSR count). The molecule has 0 bridgehead atoms. The molecule has 0 saturated heterocycles. The lowest BCUT2D eigenvalue weighted by atomic mass is 10.1. The van der Waals surface area contributed by atoms with Crippen molar-refractivity contribution in [1.82, 2.24) is 0 Å². The van der Waals surface area contributed by atoms with Crippen LogP contribution in [0.25, 0.3) is 0 Å². The van der Waals surface area contributed by atoms with Crippen LogP contribution in [0.15, 0.2) is 48.5 Å². The summed E-state index contributed by atoms with van der Waals surface area (Å²) in [6.45, 7) is 1.82. The molecule has 0 spiro atoms. The Bertz CT molecular complexity index is 635. The van der Waals surface area contributed by atoms with E-state index < -0.39 is 0 Å². The highest BCUT2D eigenvalue weighted by Gasteiger charge is 2.20. The van der Waals surface area contributed by atoms with Crippen LogP contribution >= 0.6 is 0 Å². The van der Waals surface area contributed by atoms with Crippen molar-refractivity contribution in [3.63, 3.8) is 0 Å². The Kier molecular flexibility index (Phi) is 3.42. The Hall–Kier alpha value is -2.29. The second-order valence-corrected chi connectivity index (χ2v) is 5.13. The van der Waals surface area contributed by atoms with Gasteiger partial charge >= 0.3 is 0 Å². The van der Waals surface area contributed by atoms with Gasteiger partial charge in [-0.2, -0.15) is 0 Å². The lowest BCUT2D eigenvalue weighted by Crippen LogP contribution is -2.34. The van der Waals surface area contributed by atoms with Gasteiger partial charge in [-0.05, 0) is 18.2 Å². The van der Waals surface area contributed by atoms with E-state index in [9.17, 15) is 0 Å². The van der Waals surface area contributed by atoms with E-state index in [1.807, 2.05) is 6.07 Å². The van der Waals surface area contributed by atoms with Crippen molar-refractivity contribution < 1.29 is 9.31 Å². The third-order valence-electron chi connectivity index (χ3n) is 3.59. The molecule has 2 aromatic rings. The molecule has 2 aromatic carbocycles. The van der Waals surface area contributed by atoms with Crippen molar-refractivity contribution in [2.75, 3.05) is 25.7 Å². The van der Waals surface area contributed by atoms with Crippen LogP contribution in [0.3, 0.4) is 0 Å². The maximum atomic E-state index is 5.31. The summed E-state index contributed by atoms with van der Waals surface area (Å²) in [5, 5.41) is 0. The topological polar surface area (TPSA) is 15.5 Å². The molecule has 0 unspecified atom stereocenters. The largest absolute Gasteiger partial charge is 0.497 e. The van der Waals surface area contributed by atoms with Crippen LogP contribution < -0.4 is 9.64 Å². The van der Waals surface area contributed by atoms with Gasteiger partial charge in [0, 0.05) is 12.6 Å². The molecule has 0 radical (unpaired) electrons. The van der Waals surface area contributed by atoms with Gasteiger partial charge in [0.05, 0.1) is 18.4 Å². The van der Waals surface area contributed by atoms with E-state index in [1.54, 1.807) is 7.11 Å². The molecule has 20 heavy (non-hydrogen) atoms.